The van der Waals surface area contributed by atoms with Gasteiger partial charge in [-0.25, -0.2) is 4.39 Å². The van der Waals surface area contributed by atoms with Crippen LogP contribution in [0.3, 0.4) is 0 Å². The van der Waals surface area contributed by atoms with Crippen LogP contribution in [0.4, 0.5) is 4.39 Å². The molecule has 0 aromatic heterocycles. The molecule has 0 atom stereocenters. The molecule has 1 radical (unpaired) electrons. The second-order valence-electron chi connectivity index (χ2n) is 2.24. The topological polar surface area (TPSA) is 9.23 Å². The van der Waals surface area contributed by atoms with Gasteiger partial charge in [-0.05, 0) is 31.2 Å². The Hall–Kier alpha value is -1.31. The largest absolute Gasteiger partial charge is 0.490 e. The molecular weight excluding hydrogens is 155 g/mol. The zero-order valence-electron chi connectivity index (χ0n) is 6.66. The number of hydrogen-bond acceptors (Lipinski definition) is 1. The molecule has 63 valence electrons. The first-order chi connectivity index (χ1) is 5.83. The first-order valence-corrected chi connectivity index (χ1v) is 3.65. The van der Waals surface area contributed by atoms with Crippen molar-refractivity contribution in [3.8, 4) is 5.75 Å². The van der Waals surface area contributed by atoms with Crippen molar-refractivity contribution in [3.63, 3.8) is 0 Å². The maximum atomic E-state index is 12.4. The highest BCUT2D eigenvalue weighted by atomic mass is 19.1. The molecule has 0 saturated carbocycles. The van der Waals surface area contributed by atoms with Crippen molar-refractivity contribution in [2.45, 2.75) is 0 Å². The second-order valence-corrected chi connectivity index (χ2v) is 2.24. The number of hydrogen-bond donors (Lipinski definition) is 0. The first-order valence-electron chi connectivity index (χ1n) is 3.65. The van der Waals surface area contributed by atoms with Crippen LogP contribution in [-0.2, 0) is 0 Å². The zero-order chi connectivity index (χ0) is 8.81. The van der Waals surface area contributed by atoms with Crippen molar-refractivity contribution in [3.05, 3.63) is 49.2 Å². The van der Waals surface area contributed by atoms with Crippen LogP contribution in [0.5, 0.6) is 5.75 Å². The molecule has 0 saturated heterocycles. The van der Waals surface area contributed by atoms with Crippen LogP contribution in [0.25, 0.3) is 0 Å². The summed E-state index contributed by atoms with van der Waals surface area (Å²) in [4.78, 5) is 0. The molecule has 12 heavy (non-hydrogen) atoms. The van der Waals surface area contributed by atoms with Gasteiger partial charge < -0.3 is 4.74 Å². The number of ether oxygens (including phenoxy) is 1. The third-order valence-corrected chi connectivity index (χ3v) is 1.33. The van der Waals surface area contributed by atoms with Gasteiger partial charge in [-0.2, -0.15) is 0 Å². The van der Waals surface area contributed by atoms with E-state index in [1.165, 1.54) is 12.1 Å². The molecule has 1 rings (SSSR count). The summed E-state index contributed by atoms with van der Waals surface area (Å²) in [6, 6.07) is 5.91. The minimum atomic E-state index is -0.255. The van der Waals surface area contributed by atoms with Gasteiger partial charge in [0.15, 0.2) is 0 Å². The summed E-state index contributed by atoms with van der Waals surface area (Å²) in [6.07, 6.45) is 3.44. The SMILES string of the molecule is [CH2]C=CCOc1ccc(F)cc1. The summed E-state index contributed by atoms with van der Waals surface area (Å²) in [7, 11) is 0. The third kappa shape index (κ3) is 2.74. The average molecular weight is 165 g/mol. The molecule has 0 heterocycles. The van der Waals surface area contributed by atoms with Gasteiger partial charge in [-0.3, -0.25) is 0 Å². The van der Waals surface area contributed by atoms with E-state index in [0.717, 1.165) is 0 Å². The van der Waals surface area contributed by atoms with Crippen molar-refractivity contribution < 1.29 is 9.13 Å². The van der Waals surface area contributed by atoms with E-state index in [-0.39, 0.29) is 5.82 Å². The Bertz CT molecular complexity index is 251. The van der Waals surface area contributed by atoms with Crippen LogP contribution in [0.2, 0.25) is 0 Å². The van der Waals surface area contributed by atoms with Gasteiger partial charge in [0.05, 0.1) is 0 Å². The minimum absolute atomic E-state index is 0.255. The lowest BCUT2D eigenvalue weighted by Gasteiger charge is -2.01. The minimum Gasteiger partial charge on any atom is -0.490 e. The van der Waals surface area contributed by atoms with E-state index in [2.05, 4.69) is 6.92 Å². The molecule has 0 N–H and O–H groups in total. The van der Waals surface area contributed by atoms with Crippen LogP contribution < -0.4 is 4.74 Å². The lowest BCUT2D eigenvalue weighted by Crippen LogP contribution is -1.92. The average Bonchev–Trinajstić information content (AvgIpc) is 2.09. The molecule has 0 amide bonds. The Morgan fingerprint density at radius 3 is 2.58 bits per heavy atom. The lowest BCUT2D eigenvalue weighted by atomic mass is 10.3. The Balaban J connectivity index is 2.47. The van der Waals surface area contributed by atoms with Gasteiger partial charge in [0.1, 0.15) is 18.2 Å². The van der Waals surface area contributed by atoms with Crippen LogP contribution >= 0.6 is 0 Å². The molecule has 1 aromatic carbocycles. The molecule has 0 aliphatic carbocycles. The Morgan fingerprint density at radius 2 is 2.00 bits per heavy atom. The number of benzene rings is 1. The molecule has 0 unspecified atom stereocenters. The standard InChI is InChI=1S/C10H10FO/c1-2-3-8-12-10-6-4-9(11)5-7-10/h2-7H,1,8H2. The van der Waals surface area contributed by atoms with Crippen LogP contribution in [0.1, 0.15) is 0 Å². The third-order valence-electron chi connectivity index (χ3n) is 1.33. The van der Waals surface area contributed by atoms with Gasteiger partial charge in [0.2, 0.25) is 0 Å². The smallest absolute Gasteiger partial charge is 0.123 e. The molecule has 0 aliphatic heterocycles. The van der Waals surface area contributed by atoms with E-state index in [9.17, 15) is 4.39 Å². The number of rotatable bonds is 3. The fourth-order valence-electron chi connectivity index (χ4n) is 0.743. The summed E-state index contributed by atoms with van der Waals surface area (Å²) in [5.41, 5.74) is 0. The van der Waals surface area contributed by atoms with E-state index in [1.807, 2.05) is 0 Å². The summed E-state index contributed by atoms with van der Waals surface area (Å²) in [5.74, 6) is 0.407. The zero-order valence-corrected chi connectivity index (χ0v) is 6.66. The van der Waals surface area contributed by atoms with Crippen molar-refractivity contribution in [2.75, 3.05) is 6.61 Å². The Labute approximate surface area is 71.5 Å². The van der Waals surface area contributed by atoms with E-state index >= 15 is 0 Å². The highest BCUT2D eigenvalue weighted by Gasteiger charge is 1.91. The predicted octanol–water partition coefficient (Wildman–Crippen LogP) is 2.59. The summed E-state index contributed by atoms with van der Waals surface area (Å²) < 4.78 is 17.6. The summed E-state index contributed by atoms with van der Waals surface area (Å²) in [6.45, 7) is 3.98. The van der Waals surface area contributed by atoms with E-state index in [4.69, 9.17) is 4.74 Å². The fourth-order valence-corrected chi connectivity index (χ4v) is 0.743. The molecule has 1 aromatic rings. The monoisotopic (exact) mass is 165 g/mol. The van der Waals surface area contributed by atoms with E-state index in [1.54, 1.807) is 24.3 Å². The van der Waals surface area contributed by atoms with Gasteiger partial charge in [-0.1, -0.05) is 12.2 Å². The van der Waals surface area contributed by atoms with Gasteiger partial charge in [0.25, 0.3) is 0 Å². The van der Waals surface area contributed by atoms with Crippen LogP contribution in [-0.4, -0.2) is 6.61 Å². The Kier molecular flexibility index (Phi) is 3.33. The molecule has 2 heteroatoms. The maximum Gasteiger partial charge on any atom is 0.123 e. The van der Waals surface area contributed by atoms with Crippen molar-refractivity contribution in [2.24, 2.45) is 0 Å². The molecule has 0 bridgehead atoms. The van der Waals surface area contributed by atoms with Crippen LogP contribution in [0, 0.1) is 12.7 Å². The summed E-state index contributed by atoms with van der Waals surface area (Å²) in [5, 5.41) is 0. The first kappa shape index (κ1) is 8.78. The number of halogens is 1. The Morgan fingerprint density at radius 1 is 1.33 bits per heavy atom. The molecule has 0 spiro atoms. The van der Waals surface area contributed by atoms with Crippen molar-refractivity contribution >= 4 is 0 Å². The van der Waals surface area contributed by atoms with Crippen LogP contribution in [0.15, 0.2) is 36.4 Å². The normalized spacial score (nSPS) is 10.5. The number of allylic oxidation sites excluding steroid dienone is 1. The molecule has 0 fully saturated rings. The molecule has 1 nitrogen and oxygen atoms in total. The van der Waals surface area contributed by atoms with E-state index < -0.39 is 0 Å². The van der Waals surface area contributed by atoms with Crippen molar-refractivity contribution in [1.82, 2.24) is 0 Å². The van der Waals surface area contributed by atoms with Gasteiger partial charge >= 0.3 is 0 Å². The maximum absolute atomic E-state index is 12.4. The molecular formula is C10H10FO. The summed E-state index contributed by atoms with van der Waals surface area (Å²) >= 11 is 0. The lowest BCUT2D eigenvalue weighted by molar-refractivity contribution is 0.362. The predicted molar refractivity (Wildman–Crippen MR) is 46.4 cm³/mol. The van der Waals surface area contributed by atoms with Crippen molar-refractivity contribution in [1.29, 1.82) is 0 Å². The highest BCUT2D eigenvalue weighted by molar-refractivity contribution is 5.22. The van der Waals surface area contributed by atoms with E-state index in [0.29, 0.717) is 12.4 Å². The van der Waals surface area contributed by atoms with Gasteiger partial charge in [-0.15, -0.1) is 0 Å². The second kappa shape index (κ2) is 4.54. The van der Waals surface area contributed by atoms with Gasteiger partial charge in [0, 0.05) is 0 Å². The quantitative estimate of drug-likeness (QED) is 0.668. The fraction of sp³-hybridized carbons (Fsp3) is 0.100. The molecule has 0 aliphatic rings. The highest BCUT2D eigenvalue weighted by Crippen LogP contribution is 2.10.